The molecule has 0 saturated heterocycles. The van der Waals surface area contributed by atoms with Crippen LogP contribution in [0.15, 0.2) is 30.3 Å². The molecule has 0 radical (unpaired) electrons. The maximum atomic E-state index is 12.8. The summed E-state index contributed by atoms with van der Waals surface area (Å²) in [6, 6.07) is 9.30. The molecule has 0 unspecified atom stereocenters. The van der Waals surface area contributed by atoms with Crippen LogP contribution in [0.4, 0.5) is 5.69 Å². The number of rotatable bonds is 4. The van der Waals surface area contributed by atoms with Gasteiger partial charge in [0.15, 0.2) is 5.78 Å². The lowest BCUT2D eigenvalue weighted by Gasteiger charge is -2.18. The van der Waals surface area contributed by atoms with Crippen molar-refractivity contribution in [3.05, 3.63) is 58.4 Å². The molecule has 2 aromatic rings. The summed E-state index contributed by atoms with van der Waals surface area (Å²) in [7, 11) is 0. The van der Waals surface area contributed by atoms with Crippen molar-refractivity contribution in [2.75, 3.05) is 11.9 Å². The maximum absolute atomic E-state index is 12.8. The summed E-state index contributed by atoms with van der Waals surface area (Å²) < 4.78 is 0. The van der Waals surface area contributed by atoms with Gasteiger partial charge in [-0.15, -0.1) is 0 Å². The van der Waals surface area contributed by atoms with E-state index in [1.807, 2.05) is 32.9 Å². The number of aryl methyl sites for hydroxylation is 1. The fourth-order valence-corrected chi connectivity index (χ4v) is 3.64. The average Bonchev–Trinajstić information content (AvgIpc) is 3.08. The van der Waals surface area contributed by atoms with Crippen LogP contribution in [0.25, 0.3) is 0 Å². The molecule has 0 bridgehead atoms. The Morgan fingerprint density at radius 2 is 2.07 bits per heavy atom. The molecule has 0 saturated carbocycles. The molecule has 0 atom stereocenters. The van der Waals surface area contributed by atoms with E-state index in [9.17, 15) is 9.59 Å². The number of ketones is 1. The lowest BCUT2D eigenvalue weighted by molar-refractivity contribution is -0.119. The number of hydrogen-bond donors (Lipinski definition) is 2. The zero-order valence-electron chi connectivity index (χ0n) is 15.7. The Kier molecular flexibility index (Phi) is 3.87. The highest BCUT2D eigenvalue weighted by atomic mass is 16.2. The van der Waals surface area contributed by atoms with Crippen LogP contribution in [0.1, 0.15) is 53.6 Å². The number of benzene rings is 1. The molecule has 1 amide bonds. The van der Waals surface area contributed by atoms with E-state index in [0.717, 1.165) is 28.9 Å². The minimum absolute atomic E-state index is 0.0586. The number of hydrogen-bond acceptors (Lipinski definition) is 4. The van der Waals surface area contributed by atoms with E-state index in [-0.39, 0.29) is 18.2 Å². The molecule has 2 N–H and O–H groups in total. The Bertz CT molecular complexity index is 994. The Morgan fingerprint density at radius 3 is 2.81 bits per heavy atom. The molecule has 0 spiro atoms. The normalized spacial score (nSPS) is 16.9. The smallest absolute Gasteiger partial charge is 0.234 e. The van der Waals surface area contributed by atoms with Crippen molar-refractivity contribution >= 4 is 23.2 Å². The first-order valence-corrected chi connectivity index (χ1v) is 9.13. The first-order valence-electron chi connectivity index (χ1n) is 9.13. The van der Waals surface area contributed by atoms with E-state index in [1.165, 1.54) is 0 Å². The Hall–Kier alpha value is -3.02. The number of carbonyl (C=O) groups is 2. The number of carbonyl (C=O) groups excluding carboxylic acids is 2. The summed E-state index contributed by atoms with van der Waals surface area (Å²) in [5.74, 6) is 0.171. The second-order valence-electron chi connectivity index (χ2n) is 7.63. The van der Waals surface area contributed by atoms with Crippen LogP contribution >= 0.6 is 0 Å². The molecule has 2 aliphatic heterocycles. The maximum Gasteiger partial charge on any atom is 0.234 e. The SMILES string of the molecule is CCc1ccc2c(n1)C(=N)N(CC(=O)c1ccc3c(c1)C(C)(C)C(=O)N3)C2. The van der Waals surface area contributed by atoms with Gasteiger partial charge in [0.05, 0.1) is 12.0 Å². The number of Topliss-reactive ketones (excluding diaryl/α,β-unsaturated/α-hetero) is 1. The van der Waals surface area contributed by atoms with Crippen molar-refractivity contribution in [3.63, 3.8) is 0 Å². The molecular weight excluding hydrogens is 340 g/mol. The minimum Gasteiger partial charge on any atom is -0.343 e. The number of aromatic nitrogens is 1. The van der Waals surface area contributed by atoms with Gasteiger partial charge in [0.2, 0.25) is 5.91 Å². The highest BCUT2D eigenvalue weighted by molar-refractivity contribution is 6.08. The summed E-state index contributed by atoms with van der Waals surface area (Å²) in [5.41, 5.74) is 4.12. The first-order chi connectivity index (χ1) is 12.8. The van der Waals surface area contributed by atoms with Gasteiger partial charge in [-0.25, -0.2) is 4.98 Å². The zero-order chi connectivity index (χ0) is 19.3. The predicted molar refractivity (Wildman–Crippen MR) is 103 cm³/mol. The predicted octanol–water partition coefficient (Wildman–Crippen LogP) is 2.90. The highest BCUT2D eigenvalue weighted by Crippen LogP contribution is 2.37. The second kappa shape index (κ2) is 6.01. The third-order valence-electron chi connectivity index (χ3n) is 5.47. The molecule has 1 aromatic heterocycles. The van der Waals surface area contributed by atoms with Crippen LogP contribution in [0.5, 0.6) is 0 Å². The molecule has 3 heterocycles. The van der Waals surface area contributed by atoms with Gasteiger partial charge >= 0.3 is 0 Å². The Labute approximate surface area is 158 Å². The number of anilines is 1. The number of nitrogens with one attached hydrogen (secondary N) is 2. The van der Waals surface area contributed by atoms with Crippen LogP contribution in [-0.4, -0.2) is 34.0 Å². The molecule has 0 fully saturated rings. The summed E-state index contributed by atoms with van der Waals surface area (Å²) in [6.45, 7) is 6.38. The third kappa shape index (κ3) is 2.72. The molecule has 0 aliphatic carbocycles. The molecule has 1 aromatic carbocycles. The van der Waals surface area contributed by atoms with Gasteiger partial charge in [0.1, 0.15) is 11.5 Å². The fourth-order valence-electron chi connectivity index (χ4n) is 3.64. The number of fused-ring (bicyclic) bond motifs is 2. The van der Waals surface area contributed by atoms with Gasteiger partial charge in [0, 0.05) is 29.1 Å². The van der Waals surface area contributed by atoms with Crippen molar-refractivity contribution in [3.8, 4) is 0 Å². The molecule has 4 rings (SSSR count). The fraction of sp³-hybridized carbons (Fsp3) is 0.333. The molecule has 6 nitrogen and oxygen atoms in total. The molecule has 6 heteroatoms. The molecular formula is C21H22N4O2. The largest absolute Gasteiger partial charge is 0.343 e. The summed E-state index contributed by atoms with van der Waals surface area (Å²) >= 11 is 0. The summed E-state index contributed by atoms with van der Waals surface area (Å²) in [4.78, 5) is 31.2. The highest BCUT2D eigenvalue weighted by Gasteiger charge is 2.38. The van der Waals surface area contributed by atoms with Crippen LogP contribution in [-0.2, 0) is 23.2 Å². The Morgan fingerprint density at radius 1 is 1.30 bits per heavy atom. The number of amidine groups is 1. The molecule has 27 heavy (non-hydrogen) atoms. The quantitative estimate of drug-likeness (QED) is 0.819. The van der Waals surface area contributed by atoms with Gasteiger partial charge < -0.3 is 10.2 Å². The van der Waals surface area contributed by atoms with E-state index < -0.39 is 5.41 Å². The van der Waals surface area contributed by atoms with Gasteiger partial charge in [-0.3, -0.25) is 15.0 Å². The van der Waals surface area contributed by atoms with Crippen molar-refractivity contribution in [1.82, 2.24) is 9.88 Å². The topological polar surface area (TPSA) is 86.2 Å². The monoisotopic (exact) mass is 362 g/mol. The van der Waals surface area contributed by atoms with Crippen molar-refractivity contribution in [2.24, 2.45) is 0 Å². The Balaban J connectivity index is 1.55. The number of nitrogens with zero attached hydrogens (tertiary/aromatic N) is 2. The third-order valence-corrected chi connectivity index (χ3v) is 5.47. The van der Waals surface area contributed by atoms with Crippen LogP contribution in [0, 0.1) is 5.41 Å². The molecule has 138 valence electrons. The van der Waals surface area contributed by atoms with Crippen LogP contribution in [0.3, 0.4) is 0 Å². The van der Waals surface area contributed by atoms with E-state index in [4.69, 9.17) is 5.41 Å². The summed E-state index contributed by atoms with van der Waals surface area (Å²) in [6.07, 6.45) is 0.817. The lowest BCUT2D eigenvalue weighted by Crippen LogP contribution is -2.31. The van der Waals surface area contributed by atoms with Crippen molar-refractivity contribution in [2.45, 2.75) is 39.2 Å². The van der Waals surface area contributed by atoms with E-state index in [0.29, 0.717) is 23.6 Å². The van der Waals surface area contributed by atoms with E-state index in [2.05, 4.69) is 10.3 Å². The van der Waals surface area contributed by atoms with E-state index >= 15 is 0 Å². The number of amides is 1. The lowest BCUT2D eigenvalue weighted by atomic mass is 9.85. The number of pyridine rings is 1. The van der Waals surface area contributed by atoms with Gasteiger partial charge in [-0.05, 0) is 50.1 Å². The standard InChI is InChI=1S/C21H22N4O2/c1-4-14-7-5-13-10-25(19(22)18(13)23-14)11-17(26)12-6-8-16-15(9-12)21(2,3)20(27)24-16/h5-9,22H,4,10-11H2,1-3H3,(H,24,27). The van der Waals surface area contributed by atoms with E-state index in [1.54, 1.807) is 23.1 Å². The van der Waals surface area contributed by atoms with Crippen LogP contribution in [0.2, 0.25) is 0 Å². The van der Waals surface area contributed by atoms with Crippen molar-refractivity contribution in [1.29, 1.82) is 5.41 Å². The van der Waals surface area contributed by atoms with Crippen LogP contribution < -0.4 is 5.32 Å². The van der Waals surface area contributed by atoms with Gasteiger partial charge in [-0.2, -0.15) is 0 Å². The molecule has 2 aliphatic rings. The minimum atomic E-state index is -0.650. The average molecular weight is 362 g/mol. The zero-order valence-corrected chi connectivity index (χ0v) is 15.7. The van der Waals surface area contributed by atoms with Gasteiger partial charge in [0.25, 0.3) is 0 Å². The summed E-state index contributed by atoms with van der Waals surface area (Å²) in [5, 5.41) is 11.2. The second-order valence-corrected chi connectivity index (χ2v) is 7.63. The van der Waals surface area contributed by atoms with Gasteiger partial charge in [-0.1, -0.05) is 13.0 Å². The first kappa shape index (κ1) is 17.4. The van der Waals surface area contributed by atoms with Crippen molar-refractivity contribution < 1.29 is 9.59 Å².